The Bertz CT molecular complexity index is 377. The van der Waals surface area contributed by atoms with Crippen LogP contribution in [-0.4, -0.2) is 10.3 Å². The van der Waals surface area contributed by atoms with E-state index in [4.69, 9.17) is 9.47 Å². The van der Waals surface area contributed by atoms with Gasteiger partial charge in [-0.05, 0) is 52.6 Å². The van der Waals surface area contributed by atoms with E-state index in [-0.39, 0.29) is 9.53 Å². The average molecular weight is 348 g/mol. The number of carbonyl (C=O) groups is 1. The normalized spacial score (nSPS) is 13.0. The third-order valence-electron chi connectivity index (χ3n) is 2.18. The number of alkyl halides is 1. The first-order chi connectivity index (χ1) is 7.79. The summed E-state index contributed by atoms with van der Waals surface area (Å²) in [5.41, 5.74) is 1.29. The molecule has 0 bridgehead atoms. The van der Waals surface area contributed by atoms with Crippen LogP contribution < -0.4 is 4.74 Å². The minimum atomic E-state index is -0.671. The van der Waals surface area contributed by atoms with Crippen LogP contribution in [-0.2, 0) is 10.2 Å². The topological polar surface area (TPSA) is 35.5 Å². The summed E-state index contributed by atoms with van der Waals surface area (Å²) < 4.78 is 9.70. The highest BCUT2D eigenvalue weighted by Gasteiger charge is 2.14. The zero-order valence-electron chi connectivity index (χ0n) is 10.5. The van der Waals surface area contributed by atoms with Crippen molar-refractivity contribution in [1.82, 2.24) is 0 Å². The lowest BCUT2D eigenvalue weighted by Gasteiger charge is -2.18. The van der Waals surface area contributed by atoms with Crippen molar-refractivity contribution >= 4 is 28.7 Å². The number of benzene rings is 1. The first-order valence-electron chi connectivity index (χ1n) is 5.42. The number of carbonyl (C=O) groups excluding carboxylic acids is 1. The molecule has 1 atom stereocenters. The largest absolute Gasteiger partial charge is 0.514 e. The molecule has 4 heteroatoms. The van der Waals surface area contributed by atoms with Gasteiger partial charge in [0.1, 0.15) is 5.75 Å². The van der Waals surface area contributed by atoms with Gasteiger partial charge < -0.3 is 9.47 Å². The average Bonchev–Trinajstić information content (AvgIpc) is 2.15. The number of hydrogen-bond donors (Lipinski definition) is 0. The Morgan fingerprint density at radius 1 is 1.24 bits per heavy atom. The van der Waals surface area contributed by atoms with E-state index in [0.717, 1.165) is 0 Å². The molecule has 1 rings (SSSR count). The quantitative estimate of drug-likeness (QED) is 0.346. The molecule has 94 valence electrons. The Morgan fingerprint density at radius 3 is 2.18 bits per heavy atom. The summed E-state index contributed by atoms with van der Waals surface area (Å²) in [6.07, 6.45) is -0.671. The Balaban J connectivity index is 2.66. The molecular weight excluding hydrogens is 331 g/mol. The second-order valence-electron chi connectivity index (χ2n) is 4.79. The molecule has 17 heavy (non-hydrogen) atoms. The lowest BCUT2D eigenvalue weighted by atomic mass is 9.87. The fourth-order valence-electron chi connectivity index (χ4n) is 1.28. The molecule has 1 unspecified atom stereocenters. The summed E-state index contributed by atoms with van der Waals surface area (Å²) in [5.74, 6) is 0.500. The van der Waals surface area contributed by atoms with Crippen molar-refractivity contribution in [2.24, 2.45) is 0 Å². The zero-order chi connectivity index (χ0) is 13.1. The molecule has 0 saturated heterocycles. The lowest BCUT2D eigenvalue weighted by Crippen LogP contribution is -2.14. The van der Waals surface area contributed by atoms with Gasteiger partial charge in [-0.25, -0.2) is 4.79 Å². The van der Waals surface area contributed by atoms with E-state index in [9.17, 15) is 4.79 Å². The van der Waals surface area contributed by atoms with Gasteiger partial charge in [-0.3, -0.25) is 0 Å². The fourth-order valence-corrected chi connectivity index (χ4v) is 1.48. The zero-order valence-corrected chi connectivity index (χ0v) is 12.6. The van der Waals surface area contributed by atoms with Gasteiger partial charge in [-0.15, -0.1) is 0 Å². The Labute approximate surface area is 116 Å². The van der Waals surface area contributed by atoms with Crippen LogP contribution in [0.3, 0.4) is 0 Å². The van der Waals surface area contributed by atoms with Gasteiger partial charge in [0, 0.05) is 0 Å². The van der Waals surface area contributed by atoms with Gasteiger partial charge in [0.15, 0.2) is 4.11 Å². The van der Waals surface area contributed by atoms with Crippen LogP contribution in [0.2, 0.25) is 0 Å². The summed E-state index contributed by atoms with van der Waals surface area (Å²) in [6.45, 7) is 8.17. The van der Waals surface area contributed by atoms with Crippen LogP contribution in [0.15, 0.2) is 24.3 Å². The van der Waals surface area contributed by atoms with Crippen LogP contribution in [0.25, 0.3) is 0 Å². The van der Waals surface area contributed by atoms with Gasteiger partial charge >= 0.3 is 6.16 Å². The highest BCUT2D eigenvalue weighted by molar-refractivity contribution is 14.1. The van der Waals surface area contributed by atoms with E-state index in [0.29, 0.717) is 5.75 Å². The van der Waals surface area contributed by atoms with Crippen molar-refractivity contribution in [3.8, 4) is 5.75 Å². The third kappa shape index (κ3) is 4.93. The van der Waals surface area contributed by atoms with Crippen LogP contribution in [0, 0.1) is 0 Å². The van der Waals surface area contributed by atoms with E-state index >= 15 is 0 Å². The molecular formula is C13H17IO3. The Hall–Kier alpha value is -0.780. The van der Waals surface area contributed by atoms with Crippen LogP contribution in [0.5, 0.6) is 5.75 Å². The number of ether oxygens (including phenoxy) is 2. The molecule has 0 aliphatic carbocycles. The molecule has 0 radical (unpaired) electrons. The second-order valence-corrected chi connectivity index (χ2v) is 6.54. The van der Waals surface area contributed by atoms with Crippen LogP contribution in [0.1, 0.15) is 33.3 Å². The summed E-state index contributed by atoms with van der Waals surface area (Å²) >= 11 is 1.99. The van der Waals surface area contributed by atoms with Crippen LogP contribution >= 0.6 is 22.6 Å². The smallest absolute Gasteiger partial charge is 0.420 e. The van der Waals surface area contributed by atoms with E-state index < -0.39 is 6.16 Å². The SMILES string of the molecule is CC(I)OC(=O)Oc1ccc(C(C)(C)C)cc1. The predicted molar refractivity (Wildman–Crippen MR) is 75.7 cm³/mol. The molecule has 0 fully saturated rings. The monoisotopic (exact) mass is 348 g/mol. The molecule has 1 aromatic carbocycles. The van der Waals surface area contributed by atoms with E-state index in [1.165, 1.54) is 5.56 Å². The molecule has 0 aliphatic heterocycles. The maximum absolute atomic E-state index is 11.3. The summed E-state index contributed by atoms with van der Waals surface area (Å²) in [7, 11) is 0. The first-order valence-corrected chi connectivity index (χ1v) is 6.66. The number of halogens is 1. The standard InChI is InChI=1S/C13H17IO3/c1-9(14)16-12(15)17-11-7-5-10(6-8-11)13(2,3)4/h5-9H,1-4H3. The van der Waals surface area contributed by atoms with Crippen molar-refractivity contribution < 1.29 is 14.3 Å². The maximum Gasteiger partial charge on any atom is 0.514 e. The van der Waals surface area contributed by atoms with Gasteiger partial charge in [0.2, 0.25) is 0 Å². The molecule has 0 aromatic heterocycles. The summed E-state index contributed by atoms with van der Waals surface area (Å²) in [6, 6.07) is 7.46. The van der Waals surface area contributed by atoms with Crippen LogP contribution in [0.4, 0.5) is 4.79 Å². The molecule has 0 saturated carbocycles. The Kier molecular flexibility index (Phi) is 4.80. The minimum Gasteiger partial charge on any atom is -0.420 e. The van der Waals surface area contributed by atoms with Crippen molar-refractivity contribution in [3.05, 3.63) is 29.8 Å². The molecule has 0 spiro atoms. The molecule has 3 nitrogen and oxygen atoms in total. The van der Waals surface area contributed by atoms with E-state index in [1.54, 1.807) is 19.1 Å². The van der Waals surface area contributed by atoms with Crippen molar-refractivity contribution in [2.45, 2.75) is 37.2 Å². The van der Waals surface area contributed by atoms with Crippen molar-refractivity contribution in [1.29, 1.82) is 0 Å². The predicted octanol–water partition coefficient (Wildman–Crippen LogP) is 4.28. The van der Waals surface area contributed by atoms with Gasteiger partial charge in [-0.1, -0.05) is 32.9 Å². The van der Waals surface area contributed by atoms with Gasteiger partial charge in [-0.2, -0.15) is 0 Å². The van der Waals surface area contributed by atoms with Gasteiger partial charge in [0.25, 0.3) is 0 Å². The number of rotatable bonds is 2. The molecule has 1 aromatic rings. The second kappa shape index (κ2) is 5.71. The molecule has 0 aliphatic rings. The molecule has 0 heterocycles. The van der Waals surface area contributed by atoms with E-state index in [1.807, 2.05) is 34.7 Å². The molecule has 0 amide bonds. The molecule has 0 N–H and O–H groups in total. The van der Waals surface area contributed by atoms with Crippen molar-refractivity contribution in [3.63, 3.8) is 0 Å². The highest BCUT2D eigenvalue weighted by Crippen LogP contribution is 2.24. The maximum atomic E-state index is 11.3. The van der Waals surface area contributed by atoms with E-state index in [2.05, 4.69) is 20.8 Å². The highest BCUT2D eigenvalue weighted by atomic mass is 127. The summed E-state index contributed by atoms with van der Waals surface area (Å²) in [4.78, 5) is 11.3. The van der Waals surface area contributed by atoms with Crippen molar-refractivity contribution in [2.75, 3.05) is 0 Å². The Morgan fingerprint density at radius 2 is 1.76 bits per heavy atom. The summed E-state index contributed by atoms with van der Waals surface area (Å²) in [5, 5.41) is 0. The third-order valence-corrected chi connectivity index (χ3v) is 2.43. The lowest BCUT2D eigenvalue weighted by molar-refractivity contribution is 0.0988. The van der Waals surface area contributed by atoms with Gasteiger partial charge in [0.05, 0.1) is 0 Å². The number of hydrogen-bond acceptors (Lipinski definition) is 3. The minimum absolute atomic E-state index is 0.0930. The first kappa shape index (κ1) is 14.3. The fraction of sp³-hybridized carbons (Fsp3) is 0.462.